The molecule has 0 aromatic carbocycles. The summed E-state index contributed by atoms with van der Waals surface area (Å²) in [5.74, 6) is 0.561. The Kier molecular flexibility index (Phi) is 5.40. The molecular formula is C12H24N4O2. The highest BCUT2D eigenvalue weighted by molar-refractivity contribution is 5.81. The predicted octanol–water partition coefficient (Wildman–Crippen LogP) is -0.204. The molecule has 18 heavy (non-hydrogen) atoms. The van der Waals surface area contributed by atoms with Crippen LogP contribution in [0.4, 0.5) is 0 Å². The first kappa shape index (κ1) is 14.8. The maximum atomic E-state index is 11.6. The SMILES string of the molecule is CC(C)(C)C(=O)NCCN=C(N)N1CCOCC1. The number of aliphatic imine (C=N–C) groups is 1. The molecule has 1 rings (SSSR count). The highest BCUT2D eigenvalue weighted by Crippen LogP contribution is 2.11. The number of nitrogens with two attached hydrogens (primary N) is 1. The van der Waals surface area contributed by atoms with E-state index in [1.54, 1.807) is 0 Å². The molecule has 0 radical (unpaired) electrons. The second-order valence-corrected chi connectivity index (χ2v) is 5.35. The third kappa shape index (κ3) is 4.91. The Morgan fingerprint density at radius 3 is 2.56 bits per heavy atom. The number of carbonyl (C=O) groups excluding carboxylic acids is 1. The van der Waals surface area contributed by atoms with Gasteiger partial charge in [-0.05, 0) is 0 Å². The van der Waals surface area contributed by atoms with Gasteiger partial charge in [0, 0.05) is 25.0 Å². The van der Waals surface area contributed by atoms with Crippen molar-refractivity contribution < 1.29 is 9.53 Å². The molecule has 1 saturated heterocycles. The van der Waals surface area contributed by atoms with E-state index < -0.39 is 0 Å². The van der Waals surface area contributed by atoms with E-state index in [1.165, 1.54) is 0 Å². The van der Waals surface area contributed by atoms with Gasteiger partial charge in [0.25, 0.3) is 0 Å². The van der Waals surface area contributed by atoms with Crippen LogP contribution in [0, 0.1) is 5.41 Å². The number of hydrogen-bond acceptors (Lipinski definition) is 3. The lowest BCUT2D eigenvalue weighted by Crippen LogP contribution is -2.45. The first-order valence-corrected chi connectivity index (χ1v) is 6.32. The molecule has 0 bridgehead atoms. The Balaban J connectivity index is 2.25. The molecule has 0 atom stereocenters. The topological polar surface area (TPSA) is 80.0 Å². The van der Waals surface area contributed by atoms with Crippen molar-refractivity contribution in [1.29, 1.82) is 0 Å². The molecule has 104 valence electrons. The quantitative estimate of drug-likeness (QED) is 0.416. The van der Waals surface area contributed by atoms with Crippen molar-refractivity contribution in [2.45, 2.75) is 20.8 Å². The molecule has 0 aromatic rings. The largest absolute Gasteiger partial charge is 0.378 e. The fourth-order valence-corrected chi connectivity index (χ4v) is 1.50. The Morgan fingerprint density at radius 1 is 1.39 bits per heavy atom. The van der Waals surface area contributed by atoms with Gasteiger partial charge in [-0.25, -0.2) is 0 Å². The molecule has 0 unspecified atom stereocenters. The van der Waals surface area contributed by atoms with Crippen LogP contribution in [-0.4, -0.2) is 56.2 Å². The second-order valence-electron chi connectivity index (χ2n) is 5.35. The lowest BCUT2D eigenvalue weighted by Gasteiger charge is -2.27. The number of nitrogens with one attached hydrogen (secondary N) is 1. The van der Waals surface area contributed by atoms with Crippen molar-refractivity contribution >= 4 is 11.9 Å². The van der Waals surface area contributed by atoms with Crippen LogP contribution in [0.25, 0.3) is 0 Å². The average Bonchev–Trinajstić information content (AvgIpc) is 2.34. The molecule has 0 saturated carbocycles. The molecule has 0 aromatic heterocycles. The van der Waals surface area contributed by atoms with Gasteiger partial charge in [0.05, 0.1) is 19.8 Å². The average molecular weight is 256 g/mol. The summed E-state index contributed by atoms with van der Waals surface area (Å²) in [6.07, 6.45) is 0. The fraction of sp³-hybridized carbons (Fsp3) is 0.833. The van der Waals surface area contributed by atoms with Gasteiger partial charge < -0.3 is 20.7 Å². The normalized spacial score (nSPS) is 17.7. The number of nitrogens with zero attached hydrogens (tertiary/aromatic N) is 2. The standard InChI is InChI=1S/C12H24N4O2/c1-12(2,3)10(17)14-4-5-15-11(13)16-6-8-18-9-7-16/h4-9H2,1-3H3,(H2,13,15)(H,14,17). The lowest BCUT2D eigenvalue weighted by atomic mass is 9.96. The van der Waals surface area contributed by atoms with E-state index in [4.69, 9.17) is 10.5 Å². The van der Waals surface area contributed by atoms with E-state index in [-0.39, 0.29) is 11.3 Å². The Hall–Kier alpha value is -1.30. The molecule has 1 aliphatic heterocycles. The molecule has 0 spiro atoms. The maximum absolute atomic E-state index is 11.6. The van der Waals surface area contributed by atoms with Gasteiger partial charge in [-0.3, -0.25) is 9.79 Å². The number of amides is 1. The first-order valence-electron chi connectivity index (χ1n) is 6.32. The number of rotatable bonds is 3. The smallest absolute Gasteiger partial charge is 0.225 e. The second kappa shape index (κ2) is 6.58. The number of ether oxygens (including phenoxy) is 1. The summed E-state index contributed by atoms with van der Waals surface area (Å²) >= 11 is 0. The summed E-state index contributed by atoms with van der Waals surface area (Å²) in [6, 6.07) is 0. The molecular weight excluding hydrogens is 232 g/mol. The molecule has 1 fully saturated rings. The van der Waals surface area contributed by atoms with E-state index in [1.807, 2.05) is 25.7 Å². The zero-order valence-corrected chi connectivity index (χ0v) is 11.5. The van der Waals surface area contributed by atoms with Crippen molar-refractivity contribution in [2.75, 3.05) is 39.4 Å². The van der Waals surface area contributed by atoms with Crippen molar-refractivity contribution in [3.8, 4) is 0 Å². The third-order valence-corrected chi connectivity index (χ3v) is 2.69. The fourth-order valence-electron chi connectivity index (χ4n) is 1.50. The van der Waals surface area contributed by atoms with Crippen molar-refractivity contribution in [3.05, 3.63) is 0 Å². The molecule has 6 nitrogen and oxygen atoms in total. The number of morpholine rings is 1. The van der Waals surface area contributed by atoms with E-state index >= 15 is 0 Å². The van der Waals surface area contributed by atoms with E-state index in [0.29, 0.717) is 32.3 Å². The summed E-state index contributed by atoms with van der Waals surface area (Å²) in [4.78, 5) is 17.8. The Morgan fingerprint density at radius 2 is 2.00 bits per heavy atom. The maximum Gasteiger partial charge on any atom is 0.225 e. The minimum absolute atomic E-state index is 0.0302. The predicted molar refractivity (Wildman–Crippen MR) is 71.3 cm³/mol. The van der Waals surface area contributed by atoms with Gasteiger partial charge >= 0.3 is 0 Å². The lowest BCUT2D eigenvalue weighted by molar-refractivity contribution is -0.128. The van der Waals surface area contributed by atoms with Gasteiger partial charge in [0.15, 0.2) is 5.96 Å². The van der Waals surface area contributed by atoms with Crippen molar-refractivity contribution in [3.63, 3.8) is 0 Å². The van der Waals surface area contributed by atoms with Crippen molar-refractivity contribution in [2.24, 2.45) is 16.1 Å². The van der Waals surface area contributed by atoms with Crippen LogP contribution in [-0.2, 0) is 9.53 Å². The molecule has 1 amide bonds. The zero-order chi connectivity index (χ0) is 13.6. The first-order chi connectivity index (χ1) is 8.41. The van der Waals surface area contributed by atoms with E-state index in [2.05, 4.69) is 10.3 Å². The minimum Gasteiger partial charge on any atom is -0.378 e. The summed E-state index contributed by atoms with van der Waals surface area (Å²) in [5, 5.41) is 2.84. The highest BCUT2D eigenvalue weighted by Gasteiger charge is 2.20. The van der Waals surface area contributed by atoms with Gasteiger partial charge in [0.1, 0.15) is 0 Å². The van der Waals surface area contributed by atoms with Gasteiger partial charge in [-0.1, -0.05) is 20.8 Å². The van der Waals surface area contributed by atoms with Crippen LogP contribution in [0.3, 0.4) is 0 Å². The van der Waals surface area contributed by atoms with Gasteiger partial charge in [-0.15, -0.1) is 0 Å². The highest BCUT2D eigenvalue weighted by atomic mass is 16.5. The van der Waals surface area contributed by atoms with Crippen LogP contribution in [0.2, 0.25) is 0 Å². The number of hydrogen-bond donors (Lipinski definition) is 2. The van der Waals surface area contributed by atoms with Crippen LogP contribution in [0.15, 0.2) is 4.99 Å². The van der Waals surface area contributed by atoms with Crippen LogP contribution < -0.4 is 11.1 Å². The van der Waals surface area contributed by atoms with Gasteiger partial charge in [0.2, 0.25) is 5.91 Å². The zero-order valence-electron chi connectivity index (χ0n) is 11.5. The molecule has 3 N–H and O–H groups in total. The molecule has 1 heterocycles. The Labute approximate surface area is 109 Å². The summed E-state index contributed by atoms with van der Waals surface area (Å²) < 4.78 is 5.24. The summed E-state index contributed by atoms with van der Waals surface area (Å²) in [5.41, 5.74) is 5.50. The van der Waals surface area contributed by atoms with Crippen LogP contribution in [0.1, 0.15) is 20.8 Å². The number of carbonyl (C=O) groups is 1. The monoisotopic (exact) mass is 256 g/mol. The molecule has 0 aliphatic carbocycles. The third-order valence-electron chi connectivity index (χ3n) is 2.69. The molecule has 6 heteroatoms. The summed E-state index contributed by atoms with van der Waals surface area (Å²) in [6.45, 7) is 9.61. The van der Waals surface area contributed by atoms with Crippen LogP contribution in [0.5, 0.6) is 0 Å². The van der Waals surface area contributed by atoms with Gasteiger partial charge in [-0.2, -0.15) is 0 Å². The number of guanidine groups is 1. The Bertz CT molecular complexity index is 304. The van der Waals surface area contributed by atoms with E-state index in [9.17, 15) is 4.79 Å². The van der Waals surface area contributed by atoms with Crippen LogP contribution >= 0.6 is 0 Å². The van der Waals surface area contributed by atoms with E-state index in [0.717, 1.165) is 13.1 Å². The minimum atomic E-state index is -0.362. The summed E-state index contributed by atoms with van der Waals surface area (Å²) in [7, 11) is 0. The molecule has 1 aliphatic rings. The van der Waals surface area contributed by atoms with Crippen molar-refractivity contribution in [1.82, 2.24) is 10.2 Å².